The lowest BCUT2D eigenvalue weighted by Gasteiger charge is -2.16. The molecule has 2 unspecified atom stereocenters. The molecule has 1 rings (SSSR count). The van der Waals surface area contributed by atoms with Crippen molar-refractivity contribution in [3.8, 4) is 0 Å². The Labute approximate surface area is 104 Å². The van der Waals surface area contributed by atoms with Gasteiger partial charge in [-0.15, -0.1) is 0 Å². The van der Waals surface area contributed by atoms with Gasteiger partial charge in [0, 0.05) is 16.6 Å². The molecule has 0 aliphatic heterocycles. The lowest BCUT2D eigenvalue weighted by atomic mass is 10.1. The van der Waals surface area contributed by atoms with E-state index in [0.717, 1.165) is 11.1 Å². The Morgan fingerprint density at radius 1 is 1.35 bits per heavy atom. The lowest BCUT2D eigenvalue weighted by Crippen LogP contribution is -2.31. The van der Waals surface area contributed by atoms with Gasteiger partial charge in [-0.1, -0.05) is 38.1 Å². The maximum atomic E-state index is 12.1. The zero-order chi connectivity index (χ0) is 13.0. The maximum absolute atomic E-state index is 12.1. The molecule has 1 aromatic rings. The molecular formula is C13H18O3S. The molecule has 0 amide bonds. The zero-order valence-electron chi connectivity index (χ0n) is 10.3. The summed E-state index contributed by atoms with van der Waals surface area (Å²) in [5.74, 6) is -0.800. The number of carboxylic acid groups (broad SMARTS) is 1. The van der Waals surface area contributed by atoms with Crippen LogP contribution in [0, 0.1) is 12.8 Å². The molecule has 0 bridgehead atoms. The lowest BCUT2D eigenvalue weighted by molar-refractivity contribution is -0.137. The van der Waals surface area contributed by atoms with Crippen molar-refractivity contribution in [3.63, 3.8) is 0 Å². The molecule has 0 saturated carbocycles. The van der Waals surface area contributed by atoms with E-state index < -0.39 is 22.0 Å². The van der Waals surface area contributed by atoms with E-state index in [1.807, 2.05) is 31.2 Å². The van der Waals surface area contributed by atoms with Gasteiger partial charge in [-0.3, -0.25) is 9.00 Å². The number of aryl methyl sites for hydroxylation is 1. The normalized spacial score (nSPS) is 14.6. The zero-order valence-corrected chi connectivity index (χ0v) is 11.2. The fourth-order valence-electron chi connectivity index (χ4n) is 1.72. The molecule has 2 atom stereocenters. The Hall–Kier alpha value is -1.16. The molecule has 0 aromatic heterocycles. The van der Waals surface area contributed by atoms with E-state index in [-0.39, 0.29) is 5.92 Å². The van der Waals surface area contributed by atoms with Crippen molar-refractivity contribution in [1.29, 1.82) is 0 Å². The second-order valence-corrected chi connectivity index (χ2v) is 6.01. The van der Waals surface area contributed by atoms with Crippen LogP contribution >= 0.6 is 0 Å². The first kappa shape index (κ1) is 13.9. The Kier molecular flexibility index (Phi) is 4.87. The van der Waals surface area contributed by atoms with Gasteiger partial charge >= 0.3 is 5.97 Å². The Bertz CT molecular complexity index is 426. The summed E-state index contributed by atoms with van der Waals surface area (Å²) in [6, 6.07) is 7.63. The molecule has 0 spiro atoms. The topological polar surface area (TPSA) is 54.4 Å². The van der Waals surface area contributed by atoms with E-state index >= 15 is 0 Å². The van der Waals surface area contributed by atoms with Crippen molar-refractivity contribution in [2.75, 3.05) is 0 Å². The van der Waals surface area contributed by atoms with Gasteiger partial charge in [0.25, 0.3) is 0 Å². The SMILES string of the molecule is Cc1ccccc1CS(=O)C(C(=O)O)C(C)C. The predicted molar refractivity (Wildman–Crippen MR) is 69.3 cm³/mol. The number of benzene rings is 1. The van der Waals surface area contributed by atoms with Crippen LogP contribution < -0.4 is 0 Å². The molecule has 0 aliphatic rings. The fraction of sp³-hybridized carbons (Fsp3) is 0.462. The van der Waals surface area contributed by atoms with Crippen LogP contribution in [0.25, 0.3) is 0 Å². The highest BCUT2D eigenvalue weighted by Crippen LogP contribution is 2.16. The molecule has 1 N–H and O–H groups in total. The third-order valence-corrected chi connectivity index (χ3v) is 4.60. The molecule has 0 heterocycles. The largest absolute Gasteiger partial charge is 0.480 e. The van der Waals surface area contributed by atoms with Gasteiger partial charge in [-0.25, -0.2) is 0 Å². The molecule has 1 aromatic carbocycles. The minimum absolute atomic E-state index is 0.127. The maximum Gasteiger partial charge on any atom is 0.319 e. The van der Waals surface area contributed by atoms with Gasteiger partial charge in [-0.05, 0) is 24.0 Å². The third kappa shape index (κ3) is 3.66. The average molecular weight is 254 g/mol. The molecule has 17 heavy (non-hydrogen) atoms. The summed E-state index contributed by atoms with van der Waals surface area (Å²) in [5, 5.41) is 8.27. The Morgan fingerprint density at radius 2 is 1.94 bits per heavy atom. The summed E-state index contributed by atoms with van der Waals surface area (Å²) in [7, 11) is -1.38. The minimum atomic E-state index is -1.38. The highest BCUT2D eigenvalue weighted by Gasteiger charge is 2.28. The average Bonchev–Trinajstić information content (AvgIpc) is 2.20. The fourth-order valence-corrected chi connectivity index (χ4v) is 3.36. The molecule has 0 aliphatic carbocycles. The summed E-state index contributed by atoms with van der Waals surface area (Å²) in [5.41, 5.74) is 2.01. The summed E-state index contributed by atoms with van der Waals surface area (Å²) in [6.07, 6.45) is 0. The number of carboxylic acids is 1. The van der Waals surface area contributed by atoms with Crippen LogP contribution in [0.5, 0.6) is 0 Å². The van der Waals surface area contributed by atoms with Crippen molar-refractivity contribution in [3.05, 3.63) is 35.4 Å². The molecule has 0 saturated heterocycles. The predicted octanol–water partition coefficient (Wildman–Crippen LogP) is 2.35. The molecular weight excluding hydrogens is 236 g/mol. The quantitative estimate of drug-likeness (QED) is 0.877. The monoisotopic (exact) mass is 254 g/mol. The van der Waals surface area contributed by atoms with E-state index in [9.17, 15) is 9.00 Å². The first-order chi connectivity index (χ1) is 7.93. The van der Waals surface area contributed by atoms with Crippen molar-refractivity contribution in [2.24, 2.45) is 5.92 Å². The molecule has 94 valence electrons. The van der Waals surface area contributed by atoms with Gasteiger partial charge in [0.1, 0.15) is 5.25 Å². The van der Waals surface area contributed by atoms with Crippen LogP contribution in [0.4, 0.5) is 0 Å². The van der Waals surface area contributed by atoms with Gasteiger partial charge in [0.05, 0.1) is 0 Å². The van der Waals surface area contributed by atoms with Gasteiger partial charge in [0.15, 0.2) is 0 Å². The Balaban J connectivity index is 2.85. The van der Waals surface area contributed by atoms with Crippen LogP contribution in [0.2, 0.25) is 0 Å². The minimum Gasteiger partial charge on any atom is -0.480 e. The summed E-state index contributed by atoms with van der Waals surface area (Å²) in [6.45, 7) is 5.51. The van der Waals surface area contributed by atoms with Gasteiger partial charge in [0.2, 0.25) is 0 Å². The van der Waals surface area contributed by atoms with Crippen LogP contribution in [-0.4, -0.2) is 20.5 Å². The van der Waals surface area contributed by atoms with Crippen LogP contribution in [0.1, 0.15) is 25.0 Å². The van der Waals surface area contributed by atoms with E-state index in [1.54, 1.807) is 13.8 Å². The first-order valence-corrected chi connectivity index (χ1v) is 6.96. The van der Waals surface area contributed by atoms with Crippen molar-refractivity contribution < 1.29 is 14.1 Å². The van der Waals surface area contributed by atoms with Crippen molar-refractivity contribution >= 4 is 16.8 Å². The van der Waals surface area contributed by atoms with Gasteiger partial charge in [-0.2, -0.15) is 0 Å². The third-order valence-electron chi connectivity index (χ3n) is 2.69. The second-order valence-electron chi connectivity index (χ2n) is 4.45. The second kappa shape index (κ2) is 5.96. The highest BCUT2D eigenvalue weighted by atomic mass is 32.2. The smallest absolute Gasteiger partial charge is 0.319 e. The van der Waals surface area contributed by atoms with E-state index in [0.29, 0.717) is 5.75 Å². The number of hydrogen-bond acceptors (Lipinski definition) is 2. The molecule has 0 radical (unpaired) electrons. The summed E-state index contributed by atoms with van der Waals surface area (Å²) in [4.78, 5) is 11.1. The summed E-state index contributed by atoms with van der Waals surface area (Å²) >= 11 is 0. The molecule has 3 nitrogen and oxygen atoms in total. The van der Waals surface area contributed by atoms with E-state index in [1.165, 1.54) is 0 Å². The molecule has 0 fully saturated rings. The van der Waals surface area contributed by atoms with Crippen LogP contribution in [0.15, 0.2) is 24.3 Å². The standard InChI is InChI=1S/C13H18O3S/c1-9(2)12(13(14)15)17(16)8-11-7-5-4-6-10(11)3/h4-7,9,12H,8H2,1-3H3,(H,14,15). The summed E-state index contributed by atoms with van der Waals surface area (Å²) < 4.78 is 12.1. The van der Waals surface area contributed by atoms with Crippen molar-refractivity contribution in [2.45, 2.75) is 31.8 Å². The van der Waals surface area contributed by atoms with Crippen LogP contribution in [0.3, 0.4) is 0 Å². The number of hydrogen-bond donors (Lipinski definition) is 1. The number of rotatable bonds is 5. The van der Waals surface area contributed by atoms with E-state index in [4.69, 9.17) is 5.11 Å². The van der Waals surface area contributed by atoms with Crippen molar-refractivity contribution in [1.82, 2.24) is 0 Å². The Morgan fingerprint density at radius 3 is 2.41 bits per heavy atom. The number of aliphatic carboxylic acids is 1. The van der Waals surface area contributed by atoms with Gasteiger partial charge < -0.3 is 5.11 Å². The highest BCUT2D eigenvalue weighted by molar-refractivity contribution is 7.85. The van der Waals surface area contributed by atoms with E-state index in [2.05, 4.69) is 0 Å². The molecule has 4 heteroatoms. The first-order valence-electron chi connectivity index (χ1n) is 5.58. The number of carbonyl (C=O) groups is 1. The van der Waals surface area contributed by atoms with Crippen LogP contribution in [-0.2, 0) is 21.3 Å².